The van der Waals surface area contributed by atoms with Crippen LogP contribution in [0.25, 0.3) is 0 Å². The van der Waals surface area contributed by atoms with Crippen molar-refractivity contribution in [3.8, 4) is 0 Å². The Morgan fingerprint density at radius 2 is 2.04 bits per heavy atom. The average Bonchev–Trinajstić information content (AvgIpc) is 2.55. The zero-order chi connectivity index (χ0) is 17.4. The van der Waals surface area contributed by atoms with Crippen molar-refractivity contribution in [2.24, 2.45) is 0 Å². The van der Waals surface area contributed by atoms with E-state index in [0.29, 0.717) is 17.8 Å². The number of ether oxygens (including phenoxy) is 1. The Morgan fingerprint density at radius 1 is 1.29 bits per heavy atom. The van der Waals surface area contributed by atoms with Crippen molar-refractivity contribution in [1.29, 1.82) is 0 Å². The second kappa shape index (κ2) is 8.76. The number of nitrogens with one attached hydrogen (secondary N) is 1. The van der Waals surface area contributed by atoms with E-state index in [1.54, 1.807) is 20.4 Å². The van der Waals surface area contributed by atoms with E-state index >= 15 is 0 Å². The average molecular weight is 348 g/mol. The van der Waals surface area contributed by atoms with Crippen molar-refractivity contribution in [2.45, 2.75) is 24.7 Å². The molecule has 1 fully saturated rings. The molecule has 6 heteroatoms. The summed E-state index contributed by atoms with van der Waals surface area (Å²) in [7, 11) is 3.25. The van der Waals surface area contributed by atoms with Crippen LogP contribution in [0.15, 0.2) is 36.7 Å². The van der Waals surface area contributed by atoms with E-state index in [-0.39, 0.29) is 5.41 Å². The maximum atomic E-state index is 10.6. The van der Waals surface area contributed by atoms with Gasteiger partial charge in [0.2, 0.25) is 0 Å². The minimum absolute atomic E-state index is 0.121. The molecule has 3 rings (SSSR count). The van der Waals surface area contributed by atoms with Crippen LogP contribution in [-0.4, -0.2) is 37.0 Å². The van der Waals surface area contributed by atoms with Gasteiger partial charge in [-0.2, -0.15) is 0 Å². The molecule has 0 spiro atoms. The molecule has 0 amide bonds. The highest BCUT2D eigenvalue weighted by molar-refractivity contribution is 6.30. The predicted octanol–water partition coefficient (Wildman–Crippen LogP) is 3.74. The fraction of sp³-hybridized carbons (Fsp3) is 0.389. The van der Waals surface area contributed by atoms with Gasteiger partial charge < -0.3 is 10.1 Å². The number of aromatic nitrogens is 2. The molecular formula is C18H22ClN3O2. The number of halogens is 1. The van der Waals surface area contributed by atoms with E-state index in [1.807, 2.05) is 18.2 Å². The van der Waals surface area contributed by atoms with Gasteiger partial charge >= 0.3 is 0 Å². The smallest absolute Gasteiger partial charge is 0.170 e. The molecule has 1 aromatic heterocycles. The van der Waals surface area contributed by atoms with Crippen LogP contribution in [0.5, 0.6) is 0 Å². The molecule has 0 atom stereocenters. The number of methoxy groups -OCH3 is 1. The monoisotopic (exact) mass is 347 g/mol. The summed E-state index contributed by atoms with van der Waals surface area (Å²) in [6, 6.07) is 8.07. The zero-order valence-electron chi connectivity index (χ0n) is 14.0. The molecule has 1 aliphatic carbocycles. The molecule has 1 saturated carbocycles. The van der Waals surface area contributed by atoms with Crippen LogP contribution in [-0.2, 0) is 10.2 Å². The Labute approximate surface area is 147 Å². The van der Waals surface area contributed by atoms with Crippen LogP contribution in [0.1, 0.15) is 35.3 Å². The van der Waals surface area contributed by atoms with Gasteiger partial charge in [0.05, 0.1) is 12.4 Å². The van der Waals surface area contributed by atoms with Crippen molar-refractivity contribution >= 4 is 23.7 Å². The van der Waals surface area contributed by atoms with Crippen molar-refractivity contribution in [2.75, 3.05) is 26.1 Å². The molecule has 1 heterocycles. The molecule has 1 aromatic carbocycles. The fourth-order valence-electron chi connectivity index (χ4n) is 2.74. The number of aldehydes is 1. The first kappa shape index (κ1) is 18.4. The molecule has 5 nitrogen and oxygen atoms in total. The topological polar surface area (TPSA) is 64.1 Å². The highest BCUT2D eigenvalue weighted by atomic mass is 35.5. The molecule has 0 aliphatic heterocycles. The lowest BCUT2D eigenvalue weighted by Crippen LogP contribution is -2.41. The summed E-state index contributed by atoms with van der Waals surface area (Å²) in [6.45, 7) is 0.794. The summed E-state index contributed by atoms with van der Waals surface area (Å²) in [5.41, 5.74) is 1.73. The Morgan fingerprint density at radius 3 is 2.54 bits per heavy atom. The van der Waals surface area contributed by atoms with Crippen molar-refractivity contribution in [1.82, 2.24) is 9.97 Å². The number of hydrogen-bond acceptors (Lipinski definition) is 5. The number of rotatable bonds is 5. The number of carbonyl (C=O) groups excluding carboxylic acids is 1. The first-order valence-corrected chi connectivity index (χ1v) is 8.18. The van der Waals surface area contributed by atoms with Crippen LogP contribution in [0.3, 0.4) is 0 Å². The van der Waals surface area contributed by atoms with Crippen LogP contribution >= 0.6 is 11.6 Å². The summed E-state index contributed by atoms with van der Waals surface area (Å²) in [5, 5.41) is 4.10. The largest absolute Gasteiger partial charge is 0.388 e. The number of hydrogen-bond donors (Lipinski definition) is 1. The van der Waals surface area contributed by atoms with Crippen LogP contribution in [0, 0.1) is 0 Å². The van der Waals surface area contributed by atoms with Crippen molar-refractivity contribution < 1.29 is 9.53 Å². The number of carbonyl (C=O) groups is 1. The lowest BCUT2D eigenvalue weighted by atomic mass is 9.64. The first-order chi connectivity index (χ1) is 11.6. The third-order valence-corrected chi connectivity index (χ3v) is 4.38. The number of benzene rings is 1. The predicted molar refractivity (Wildman–Crippen MR) is 95.8 cm³/mol. The van der Waals surface area contributed by atoms with Gasteiger partial charge in [-0.15, -0.1) is 0 Å². The lowest BCUT2D eigenvalue weighted by Gasteiger charge is -2.42. The fourth-order valence-corrected chi connectivity index (χ4v) is 2.93. The second-order valence-corrected chi connectivity index (χ2v) is 6.29. The quantitative estimate of drug-likeness (QED) is 0.835. The maximum absolute atomic E-state index is 10.6. The Bertz CT molecular complexity index is 658. The molecule has 0 saturated heterocycles. The van der Waals surface area contributed by atoms with E-state index in [9.17, 15) is 4.79 Å². The van der Waals surface area contributed by atoms with Gasteiger partial charge in [0, 0.05) is 31.2 Å². The molecular weight excluding hydrogens is 326 g/mol. The summed E-state index contributed by atoms with van der Waals surface area (Å²) in [5.74, 6) is 0.689. The van der Waals surface area contributed by atoms with E-state index in [4.69, 9.17) is 11.6 Å². The summed E-state index contributed by atoms with van der Waals surface area (Å²) >= 11 is 6.11. The van der Waals surface area contributed by atoms with Crippen LogP contribution < -0.4 is 5.32 Å². The standard InChI is InChI=1S/C16H16ClN3O.C2H6O/c17-13-4-1-3-12(7-13)16(5-2-6-16)11-20-15-9-18-14(10-21)8-19-15;1-3-2/h1,3-4,7-10H,2,5-6,11H2,(H,19,20);1-2H3. The Hall–Kier alpha value is -1.98. The molecule has 0 unspecified atom stereocenters. The Kier molecular flexibility index (Phi) is 6.70. The molecule has 24 heavy (non-hydrogen) atoms. The third-order valence-electron chi connectivity index (χ3n) is 4.15. The van der Waals surface area contributed by atoms with Crippen LogP contribution in [0.2, 0.25) is 5.02 Å². The van der Waals surface area contributed by atoms with E-state index in [1.165, 1.54) is 18.2 Å². The minimum Gasteiger partial charge on any atom is -0.388 e. The molecule has 2 aromatic rings. The SMILES string of the molecule is COC.O=Cc1cnc(NCC2(c3cccc(Cl)c3)CCC2)cn1. The van der Waals surface area contributed by atoms with E-state index in [2.05, 4.69) is 26.1 Å². The van der Waals surface area contributed by atoms with Gasteiger partial charge in [0.15, 0.2) is 6.29 Å². The van der Waals surface area contributed by atoms with Gasteiger partial charge in [0.1, 0.15) is 11.5 Å². The molecule has 128 valence electrons. The zero-order valence-corrected chi connectivity index (χ0v) is 14.7. The molecule has 0 radical (unpaired) electrons. The molecule has 1 N–H and O–H groups in total. The number of anilines is 1. The van der Waals surface area contributed by atoms with Gasteiger partial charge in [-0.25, -0.2) is 9.97 Å². The molecule has 0 bridgehead atoms. The third kappa shape index (κ3) is 4.52. The van der Waals surface area contributed by atoms with E-state index < -0.39 is 0 Å². The van der Waals surface area contributed by atoms with Gasteiger partial charge in [0.25, 0.3) is 0 Å². The van der Waals surface area contributed by atoms with Crippen LogP contribution in [0.4, 0.5) is 5.82 Å². The van der Waals surface area contributed by atoms with Gasteiger partial charge in [-0.05, 0) is 30.5 Å². The maximum Gasteiger partial charge on any atom is 0.170 e. The summed E-state index contributed by atoms with van der Waals surface area (Å²) in [6.07, 6.45) is 7.26. The highest BCUT2D eigenvalue weighted by Crippen LogP contribution is 2.44. The highest BCUT2D eigenvalue weighted by Gasteiger charge is 2.38. The van der Waals surface area contributed by atoms with Crippen molar-refractivity contribution in [3.63, 3.8) is 0 Å². The van der Waals surface area contributed by atoms with Gasteiger partial charge in [-0.3, -0.25) is 4.79 Å². The van der Waals surface area contributed by atoms with E-state index in [0.717, 1.165) is 24.4 Å². The first-order valence-electron chi connectivity index (χ1n) is 7.81. The van der Waals surface area contributed by atoms with Crippen molar-refractivity contribution in [3.05, 3.63) is 52.9 Å². The van der Waals surface area contributed by atoms with Gasteiger partial charge in [-0.1, -0.05) is 30.2 Å². The summed E-state index contributed by atoms with van der Waals surface area (Å²) in [4.78, 5) is 18.8. The Balaban J connectivity index is 0.000000647. The second-order valence-electron chi connectivity index (χ2n) is 5.85. The normalized spacial score (nSPS) is 14.8. The minimum atomic E-state index is 0.121. The summed E-state index contributed by atoms with van der Waals surface area (Å²) < 4.78 is 4.25. The number of nitrogens with zero attached hydrogens (tertiary/aromatic N) is 2. The lowest BCUT2D eigenvalue weighted by molar-refractivity contribution is 0.111. The molecule has 1 aliphatic rings.